The number of carbonyl (C=O) groups is 1. The Morgan fingerprint density at radius 1 is 1.05 bits per heavy atom. The van der Waals surface area contributed by atoms with E-state index in [0.29, 0.717) is 28.3 Å². The predicted octanol–water partition coefficient (Wildman–Crippen LogP) is 3.28. The van der Waals surface area contributed by atoms with E-state index >= 15 is 0 Å². The summed E-state index contributed by atoms with van der Waals surface area (Å²) in [6.45, 7) is 3.69. The highest BCUT2D eigenvalue weighted by molar-refractivity contribution is 6.05. The molecular formula is C17H19NO4. The number of hydrogen-bond acceptors (Lipinski definition) is 4. The van der Waals surface area contributed by atoms with Crippen LogP contribution < -0.4 is 14.8 Å². The smallest absolute Gasteiger partial charge is 0.255 e. The first-order chi connectivity index (χ1) is 10.5. The standard InChI is InChI=1S/C17H19NO4/c1-10-7-11(2)16(19)13(8-10)18-17(20)12-5-6-14(21-3)15(9-12)22-4/h5-9,19H,1-4H3,(H,18,20). The van der Waals surface area contributed by atoms with Gasteiger partial charge in [0, 0.05) is 5.56 Å². The zero-order chi connectivity index (χ0) is 16.3. The number of aromatic hydroxyl groups is 1. The van der Waals surface area contributed by atoms with E-state index in [9.17, 15) is 9.90 Å². The summed E-state index contributed by atoms with van der Waals surface area (Å²) in [6, 6.07) is 8.46. The Bertz CT molecular complexity index is 710. The average molecular weight is 301 g/mol. The van der Waals surface area contributed by atoms with Gasteiger partial charge in [-0.05, 0) is 49.2 Å². The topological polar surface area (TPSA) is 67.8 Å². The van der Waals surface area contributed by atoms with Crippen LogP contribution in [0.4, 0.5) is 5.69 Å². The molecule has 0 aliphatic carbocycles. The van der Waals surface area contributed by atoms with E-state index in [1.807, 2.05) is 13.0 Å². The lowest BCUT2D eigenvalue weighted by atomic mass is 10.1. The van der Waals surface area contributed by atoms with Crippen molar-refractivity contribution < 1.29 is 19.4 Å². The first-order valence-electron chi connectivity index (χ1n) is 6.80. The molecule has 0 spiro atoms. The number of anilines is 1. The van der Waals surface area contributed by atoms with Gasteiger partial charge in [0.15, 0.2) is 11.5 Å². The maximum absolute atomic E-state index is 12.3. The SMILES string of the molecule is COc1ccc(C(=O)Nc2cc(C)cc(C)c2O)cc1OC. The number of amides is 1. The molecule has 116 valence electrons. The maximum atomic E-state index is 12.3. The Labute approximate surface area is 129 Å². The molecular weight excluding hydrogens is 282 g/mol. The largest absolute Gasteiger partial charge is 0.505 e. The second-order valence-corrected chi connectivity index (χ2v) is 5.00. The normalized spacial score (nSPS) is 10.2. The fraction of sp³-hybridized carbons (Fsp3) is 0.235. The number of phenols is 1. The van der Waals surface area contributed by atoms with Gasteiger partial charge in [-0.25, -0.2) is 0 Å². The number of rotatable bonds is 4. The Balaban J connectivity index is 2.30. The number of nitrogens with one attached hydrogen (secondary N) is 1. The second-order valence-electron chi connectivity index (χ2n) is 5.00. The van der Waals surface area contributed by atoms with Gasteiger partial charge in [0.2, 0.25) is 0 Å². The van der Waals surface area contributed by atoms with Crippen LogP contribution in [0.1, 0.15) is 21.5 Å². The molecule has 0 aliphatic heterocycles. The summed E-state index contributed by atoms with van der Waals surface area (Å²) in [5, 5.41) is 12.8. The van der Waals surface area contributed by atoms with Gasteiger partial charge in [0.25, 0.3) is 5.91 Å². The van der Waals surface area contributed by atoms with E-state index in [1.165, 1.54) is 14.2 Å². The van der Waals surface area contributed by atoms with Crippen LogP contribution in [0.3, 0.4) is 0 Å². The van der Waals surface area contributed by atoms with Crippen LogP contribution in [0.5, 0.6) is 17.2 Å². The minimum Gasteiger partial charge on any atom is -0.505 e. The molecule has 0 fully saturated rings. The lowest BCUT2D eigenvalue weighted by Crippen LogP contribution is -2.12. The van der Waals surface area contributed by atoms with Crippen LogP contribution in [-0.4, -0.2) is 25.2 Å². The van der Waals surface area contributed by atoms with Gasteiger partial charge in [-0.3, -0.25) is 4.79 Å². The van der Waals surface area contributed by atoms with Gasteiger partial charge in [-0.15, -0.1) is 0 Å². The van der Waals surface area contributed by atoms with E-state index < -0.39 is 0 Å². The third-order valence-electron chi connectivity index (χ3n) is 3.34. The molecule has 0 unspecified atom stereocenters. The minimum absolute atomic E-state index is 0.0689. The molecule has 2 aromatic carbocycles. The molecule has 0 radical (unpaired) electrons. The average Bonchev–Trinajstić information content (AvgIpc) is 2.51. The molecule has 0 atom stereocenters. The van der Waals surface area contributed by atoms with Crippen molar-refractivity contribution in [1.82, 2.24) is 0 Å². The van der Waals surface area contributed by atoms with Crippen LogP contribution in [0, 0.1) is 13.8 Å². The van der Waals surface area contributed by atoms with E-state index in [0.717, 1.165) is 5.56 Å². The lowest BCUT2D eigenvalue weighted by Gasteiger charge is -2.12. The Hall–Kier alpha value is -2.69. The van der Waals surface area contributed by atoms with Crippen molar-refractivity contribution in [1.29, 1.82) is 0 Å². The molecule has 0 aliphatic rings. The molecule has 0 saturated carbocycles. The Morgan fingerprint density at radius 3 is 2.36 bits per heavy atom. The molecule has 5 heteroatoms. The van der Waals surface area contributed by atoms with Gasteiger partial charge < -0.3 is 19.9 Å². The Kier molecular flexibility index (Phi) is 4.56. The van der Waals surface area contributed by atoms with Crippen LogP contribution >= 0.6 is 0 Å². The number of carbonyl (C=O) groups excluding carboxylic acids is 1. The molecule has 2 rings (SSSR count). The fourth-order valence-electron chi connectivity index (χ4n) is 2.23. The number of benzene rings is 2. The molecule has 0 aromatic heterocycles. The summed E-state index contributed by atoms with van der Waals surface area (Å²) in [7, 11) is 3.04. The Morgan fingerprint density at radius 2 is 1.73 bits per heavy atom. The zero-order valence-electron chi connectivity index (χ0n) is 13.1. The fourth-order valence-corrected chi connectivity index (χ4v) is 2.23. The first kappa shape index (κ1) is 15.7. The number of ether oxygens (including phenoxy) is 2. The number of phenolic OH excluding ortho intramolecular Hbond substituents is 1. The minimum atomic E-state index is -0.332. The van der Waals surface area contributed by atoms with Crippen molar-refractivity contribution in [3.05, 3.63) is 47.0 Å². The van der Waals surface area contributed by atoms with Crippen LogP contribution in [0.25, 0.3) is 0 Å². The van der Waals surface area contributed by atoms with E-state index in [1.54, 1.807) is 31.2 Å². The zero-order valence-corrected chi connectivity index (χ0v) is 13.1. The summed E-state index contributed by atoms with van der Waals surface area (Å²) in [5.41, 5.74) is 2.47. The van der Waals surface area contributed by atoms with Crippen molar-refractivity contribution >= 4 is 11.6 Å². The number of methoxy groups -OCH3 is 2. The number of aryl methyl sites for hydroxylation is 2. The highest BCUT2D eigenvalue weighted by Crippen LogP contribution is 2.31. The summed E-state index contributed by atoms with van der Waals surface area (Å²) in [4.78, 5) is 12.3. The van der Waals surface area contributed by atoms with Gasteiger partial charge in [0.05, 0.1) is 19.9 Å². The third kappa shape index (κ3) is 3.14. The molecule has 1 amide bonds. The molecule has 0 bridgehead atoms. The molecule has 2 aromatic rings. The maximum Gasteiger partial charge on any atom is 0.255 e. The molecule has 5 nitrogen and oxygen atoms in total. The molecule has 0 heterocycles. The van der Waals surface area contributed by atoms with Gasteiger partial charge >= 0.3 is 0 Å². The van der Waals surface area contributed by atoms with E-state index in [4.69, 9.17) is 9.47 Å². The molecule has 0 saturated heterocycles. The number of hydrogen-bond donors (Lipinski definition) is 2. The van der Waals surface area contributed by atoms with Crippen molar-refractivity contribution in [2.75, 3.05) is 19.5 Å². The van der Waals surface area contributed by atoms with Gasteiger partial charge in [0.1, 0.15) is 5.75 Å². The van der Waals surface area contributed by atoms with Crippen LogP contribution in [0.15, 0.2) is 30.3 Å². The summed E-state index contributed by atoms with van der Waals surface area (Å²) < 4.78 is 10.3. The van der Waals surface area contributed by atoms with Crippen molar-refractivity contribution in [3.63, 3.8) is 0 Å². The second kappa shape index (κ2) is 6.39. The van der Waals surface area contributed by atoms with E-state index in [2.05, 4.69) is 5.32 Å². The summed E-state index contributed by atoms with van der Waals surface area (Å²) >= 11 is 0. The molecule has 2 N–H and O–H groups in total. The highest BCUT2D eigenvalue weighted by Gasteiger charge is 2.13. The van der Waals surface area contributed by atoms with E-state index in [-0.39, 0.29) is 11.7 Å². The van der Waals surface area contributed by atoms with Crippen molar-refractivity contribution in [2.24, 2.45) is 0 Å². The predicted molar refractivity (Wildman–Crippen MR) is 85.1 cm³/mol. The summed E-state index contributed by atoms with van der Waals surface area (Å²) in [5.74, 6) is 0.758. The highest BCUT2D eigenvalue weighted by atomic mass is 16.5. The molecule has 22 heavy (non-hydrogen) atoms. The van der Waals surface area contributed by atoms with Crippen LogP contribution in [0.2, 0.25) is 0 Å². The van der Waals surface area contributed by atoms with Crippen molar-refractivity contribution in [3.8, 4) is 17.2 Å². The summed E-state index contributed by atoms with van der Waals surface area (Å²) in [6.07, 6.45) is 0. The first-order valence-corrected chi connectivity index (χ1v) is 6.80. The van der Waals surface area contributed by atoms with Crippen molar-refractivity contribution in [2.45, 2.75) is 13.8 Å². The lowest BCUT2D eigenvalue weighted by molar-refractivity contribution is 0.102. The van der Waals surface area contributed by atoms with Gasteiger partial charge in [-0.1, -0.05) is 6.07 Å². The van der Waals surface area contributed by atoms with Crippen LogP contribution in [-0.2, 0) is 0 Å². The third-order valence-corrected chi connectivity index (χ3v) is 3.34. The quantitative estimate of drug-likeness (QED) is 0.850. The monoisotopic (exact) mass is 301 g/mol. The van der Waals surface area contributed by atoms with Gasteiger partial charge in [-0.2, -0.15) is 0 Å².